The van der Waals surface area contributed by atoms with E-state index in [4.69, 9.17) is 0 Å². The van der Waals surface area contributed by atoms with Gasteiger partial charge in [-0.15, -0.1) is 0 Å². The van der Waals surface area contributed by atoms with Crippen molar-refractivity contribution in [3.8, 4) is 0 Å². The molecule has 0 aliphatic rings. The van der Waals surface area contributed by atoms with Gasteiger partial charge in [0.25, 0.3) is 0 Å². The molecule has 1 rings (SSSR count). The molecular weight excluding hydrogens is 220 g/mol. The Hall–Kier alpha value is -1.70. The van der Waals surface area contributed by atoms with Gasteiger partial charge in [-0.3, -0.25) is 0 Å². The fraction of sp³-hybridized carbons (Fsp3) is 0.375. The third-order valence-corrected chi connectivity index (χ3v) is 2.64. The van der Waals surface area contributed by atoms with E-state index in [1.807, 2.05) is 19.1 Å². The fourth-order valence-corrected chi connectivity index (χ4v) is 1.60. The van der Waals surface area contributed by atoms with Gasteiger partial charge < -0.3 is 0 Å². The first-order chi connectivity index (χ1) is 8.84. The van der Waals surface area contributed by atoms with E-state index < -0.39 is 0 Å². The summed E-state index contributed by atoms with van der Waals surface area (Å²) in [5.74, 6) is 0. The highest BCUT2D eigenvalue weighted by atomic mass is 15.1. The Morgan fingerprint density at radius 2 is 1.72 bits per heavy atom. The Morgan fingerprint density at radius 1 is 1.06 bits per heavy atom. The number of hydrogen-bond acceptors (Lipinski definition) is 2. The lowest BCUT2D eigenvalue weighted by atomic mass is 10.1. The molecule has 0 saturated heterocycles. The van der Waals surface area contributed by atoms with Crippen LogP contribution in [0.15, 0.2) is 58.8 Å². The van der Waals surface area contributed by atoms with Crippen LogP contribution in [0.4, 0.5) is 0 Å². The highest BCUT2D eigenvalue weighted by Gasteiger charge is 1.92. The monoisotopic (exact) mass is 242 g/mol. The molecule has 0 spiro atoms. The van der Waals surface area contributed by atoms with Crippen LogP contribution < -0.4 is 0 Å². The van der Waals surface area contributed by atoms with E-state index >= 15 is 0 Å². The Bertz CT molecular complexity index is 402. The van der Waals surface area contributed by atoms with Crippen molar-refractivity contribution in [3.05, 3.63) is 54.1 Å². The zero-order chi connectivity index (χ0) is 13.1. The van der Waals surface area contributed by atoms with E-state index in [0.717, 1.165) is 25.9 Å². The van der Waals surface area contributed by atoms with Gasteiger partial charge in [-0.05, 0) is 37.8 Å². The van der Waals surface area contributed by atoms with E-state index in [-0.39, 0.29) is 0 Å². The normalized spacial score (nSPS) is 12.7. The maximum absolute atomic E-state index is 4.16. The molecule has 1 aromatic carbocycles. The quantitative estimate of drug-likeness (QED) is 0.369. The molecule has 0 aliphatic carbocycles. The fourth-order valence-electron chi connectivity index (χ4n) is 1.60. The van der Waals surface area contributed by atoms with Crippen molar-refractivity contribution in [3.63, 3.8) is 0 Å². The summed E-state index contributed by atoms with van der Waals surface area (Å²) >= 11 is 0. The van der Waals surface area contributed by atoms with Crippen molar-refractivity contribution in [2.24, 2.45) is 10.2 Å². The van der Waals surface area contributed by atoms with Crippen LogP contribution in [0.2, 0.25) is 0 Å². The second kappa shape index (κ2) is 9.34. The molecule has 0 bridgehead atoms. The number of rotatable bonds is 7. The second-order valence-corrected chi connectivity index (χ2v) is 4.13. The number of nitrogens with zero attached hydrogens (tertiary/aromatic N) is 2. The van der Waals surface area contributed by atoms with Crippen LogP contribution in [0.1, 0.15) is 32.3 Å². The van der Waals surface area contributed by atoms with Gasteiger partial charge in [0.15, 0.2) is 0 Å². The molecular formula is C16H22N2. The molecule has 2 nitrogen and oxygen atoms in total. The van der Waals surface area contributed by atoms with Crippen molar-refractivity contribution in [2.45, 2.75) is 26.7 Å². The number of benzene rings is 1. The lowest BCUT2D eigenvalue weighted by Crippen LogP contribution is -1.82. The predicted molar refractivity (Wildman–Crippen MR) is 78.7 cm³/mol. The van der Waals surface area contributed by atoms with Gasteiger partial charge in [0.05, 0.1) is 13.1 Å². The summed E-state index contributed by atoms with van der Waals surface area (Å²) < 4.78 is 0. The van der Waals surface area contributed by atoms with Crippen molar-refractivity contribution in [2.75, 3.05) is 13.1 Å². The molecule has 0 aromatic heterocycles. The Labute approximate surface area is 110 Å². The summed E-state index contributed by atoms with van der Waals surface area (Å²) in [5.41, 5.74) is 2.59. The average Bonchev–Trinajstić information content (AvgIpc) is 2.42. The van der Waals surface area contributed by atoms with Gasteiger partial charge in [-0.2, -0.15) is 10.2 Å². The SMILES string of the molecule is CC=CCCN=NCCC=C(C)c1ccccc1. The second-order valence-electron chi connectivity index (χ2n) is 4.13. The summed E-state index contributed by atoms with van der Waals surface area (Å²) in [6.07, 6.45) is 8.31. The molecule has 0 radical (unpaired) electrons. The molecule has 0 fully saturated rings. The molecule has 96 valence electrons. The minimum atomic E-state index is 0.778. The molecule has 0 aliphatic heterocycles. The van der Waals surface area contributed by atoms with Gasteiger partial charge in [0.1, 0.15) is 0 Å². The molecule has 2 heteroatoms. The van der Waals surface area contributed by atoms with Crippen LogP contribution >= 0.6 is 0 Å². The summed E-state index contributed by atoms with van der Waals surface area (Å²) in [6, 6.07) is 10.4. The minimum absolute atomic E-state index is 0.778. The lowest BCUT2D eigenvalue weighted by molar-refractivity contribution is 0.834. The molecule has 0 unspecified atom stereocenters. The van der Waals surface area contributed by atoms with Crippen LogP contribution in [-0.4, -0.2) is 13.1 Å². The highest BCUT2D eigenvalue weighted by Crippen LogP contribution is 2.13. The van der Waals surface area contributed by atoms with Gasteiger partial charge in [-0.25, -0.2) is 0 Å². The first-order valence-corrected chi connectivity index (χ1v) is 6.51. The van der Waals surface area contributed by atoms with Crippen LogP contribution in [0.25, 0.3) is 5.57 Å². The topological polar surface area (TPSA) is 24.7 Å². The van der Waals surface area contributed by atoms with E-state index in [1.165, 1.54) is 11.1 Å². The number of hydrogen-bond donors (Lipinski definition) is 0. The molecule has 18 heavy (non-hydrogen) atoms. The average molecular weight is 242 g/mol. The first-order valence-electron chi connectivity index (χ1n) is 6.51. The van der Waals surface area contributed by atoms with Gasteiger partial charge in [0, 0.05) is 0 Å². The Balaban J connectivity index is 2.24. The third-order valence-electron chi connectivity index (χ3n) is 2.64. The maximum Gasteiger partial charge on any atom is 0.0633 e. The van der Waals surface area contributed by atoms with Crippen molar-refractivity contribution < 1.29 is 0 Å². The van der Waals surface area contributed by atoms with Crippen LogP contribution in [0, 0.1) is 0 Å². The van der Waals surface area contributed by atoms with E-state index in [2.05, 4.69) is 53.6 Å². The van der Waals surface area contributed by atoms with E-state index in [9.17, 15) is 0 Å². The van der Waals surface area contributed by atoms with Gasteiger partial charge >= 0.3 is 0 Å². The Kier molecular flexibility index (Phi) is 7.45. The molecule has 0 saturated carbocycles. The van der Waals surface area contributed by atoms with E-state index in [1.54, 1.807) is 0 Å². The van der Waals surface area contributed by atoms with Crippen LogP contribution in [0.3, 0.4) is 0 Å². The number of allylic oxidation sites excluding steroid dienone is 2. The summed E-state index contributed by atoms with van der Waals surface area (Å²) in [7, 11) is 0. The zero-order valence-corrected chi connectivity index (χ0v) is 11.3. The number of azo groups is 1. The van der Waals surface area contributed by atoms with Crippen molar-refractivity contribution >= 4 is 5.57 Å². The standard InChI is InChI=1S/C16H22N2/c1-3-4-8-13-17-18-14-9-10-15(2)16-11-6-5-7-12-16/h3-7,10-12H,8-9,13-14H2,1-2H3. The molecule has 0 heterocycles. The lowest BCUT2D eigenvalue weighted by Gasteiger charge is -1.99. The summed E-state index contributed by atoms with van der Waals surface area (Å²) in [6.45, 7) is 5.73. The van der Waals surface area contributed by atoms with Crippen molar-refractivity contribution in [1.29, 1.82) is 0 Å². The molecule has 1 aromatic rings. The van der Waals surface area contributed by atoms with Gasteiger partial charge in [0.2, 0.25) is 0 Å². The third kappa shape index (κ3) is 6.14. The Morgan fingerprint density at radius 3 is 2.39 bits per heavy atom. The largest absolute Gasteiger partial charge is 0.194 e. The first kappa shape index (κ1) is 14.4. The van der Waals surface area contributed by atoms with Crippen molar-refractivity contribution in [1.82, 2.24) is 0 Å². The molecule has 0 amide bonds. The van der Waals surface area contributed by atoms with Crippen LogP contribution in [-0.2, 0) is 0 Å². The van der Waals surface area contributed by atoms with Crippen LogP contribution in [0.5, 0.6) is 0 Å². The van der Waals surface area contributed by atoms with E-state index in [0.29, 0.717) is 0 Å². The smallest absolute Gasteiger partial charge is 0.0633 e. The minimum Gasteiger partial charge on any atom is -0.194 e. The summed E-state index contributed by atoms with van der Waals surface area (Å²) in [4.78, 5) is 0. The highest BCUT2D eigenvalue weighted by molar-refractivity contribution is 5.63. The maximum atomic E-state index is 4.16. The van der Waals surface area contributed by atoms with Gasteiger partial charge in [-0.1, -0.05) is 48.6 Å². The predicted octanol–water partition coefficient (Wildman–Crippen LogP) is 4.90. The molecule has 0 N–H and O–H groups in total. The summed E-state index contributed by atoms with van der Waals surface area (Å²) in [5, 5.41) is 8.28. The molecule has 0 atom stereocenters. The zero-order valence-electron chi connectivity index (χ0n) is 11.3.